The lowest BCUT2D eigenvalue weighted by molar-refractivity contribution is -0.209. The highest BCUT2D eigenvalue weighted by Crippen LogP contribution is 2.42. The number of amidine groups is 1. The first-order valence-electron chi connectivity index (χ1n) is 9.33. The largest absolute Gasteiger partial charge is 0.463 e. The van der Waals surface area contributed by atoms with Gasteiger partial charge in [-0.05, 0) is 6.07 Å². The van der Waals surface area contributed by atoms with Crippen LogP contribution in [0.3, 0.4) is 0 Å². The monoisotopic (exact) mass is 487 g/mol. The summed E-state index contributed by atoms with van der Waals surface area (Å²) in [6, 6.07) is 0.250. The number of terminal acetylenes is 1. The molecular formula is C20H15F6N5O3. The van der Waals surface area contributed by atoms with Gasteiger partial charge in [-0.1, -0.05) is 5.92 Å². The number of carbonyl (C=O) groups excluding carboxylic acids is 1. The third-order valence-electron chi connectivity index (χ3n) is 4.65. The number of rotatable bonds is 6. The summed E-state index contributed by atoms with van der Waals surface area (Å²) in [5.41, 5.74) is 1.14. The Morgan fingerprint density at radius 1 is 1.32 bits per heavy atom. The number of nitrogens with one attached hydrogen (secondary N) is 1. The maximum absolute atomic E-state index is 14.6. The normalized spacial score (nSPS) is 20.0. The van der Waals surface area contributed by atoms with Gasteiger partial charge in [0.2, 0.25) is 5.88 Å². The minimum atomic E-state index is -4.99. The van der Waals surface area contributed by atoms with Crippen LogP contribution in [-0.2, 0) is 10.3 Å². The fourth-order valence-corrected chi connectivity index (χ4v) is 3.10. The highest BCUT2D eigenvalue weighted by molar-refractivity contribution is 6.02. The number of nitrogens with zero attached hydrogens (tertiary/aromatic N) is 3. The Kier molecular flexibility index (Phi) is 6.85. The molecule has 1 aliphatic rings. The van der Waals surface area contributed by atoms with E-state index in [0.717, 1.165) is 18.5 Å². The Balaban J connectivity index is 1.93. The number of carbonyl (C=O) groups is 1. The van der Waals surface area contributed by atoms with Crippen LogP contribution in [0.5, 0.6) is 5.88 Å². The quantitative estimate of drug-likeness (QED) is 0.479. The van der Waals surface area contributed by atoms with Crippen molar-refractivity contribution in [3.63, 3.8) is 0 Å². The average molecular weight is 487 g/mol. The zero-order valence-electron chi connectivity index (χ0n) is 17.0. The number of aromatic nitrogens is 2. The van der Waals surface area contributed by atoms with E-state index in [2.05, 4.69) is 30.9 Å². The summed E-state index contributed by atoms with van der Waals surface area (Å²) in [6.07, 6.45) is -1.70. The molecule has 1 aromatic carbocycles. The van der Waals surface area contributed by atoms with Crippen LogP contribution in [0.1, 0.15) is 22.5 Å². The lowest BCUT2D eigenvalue weighted by Crippen LogP contribution is -2.48. The van der Waals surface area contributed by atoms with Crippen molar-refractivity contribution in [3.05, 3.63) is 47.4 Å². The van der Waals surface area contributed by atoms with Crippen molar-refractivity contribution >= 4 is 17.6 Å². The van der Waals surface area contributed by atoms with Gasteiger partial charge in [-0.15, -0.1) is 6.42 Å². The molecule has 2 unspecified atom stereocenters. The van der Waals surface area contributed by atoms with Crippen molar-refractivity contribution in [1.82, 2.24) is 9.97 Å². The van der Waals surface area contributed by atoms with Gasteiger partial charge < -0.3 is 20.5 Å². The summed E-state index contributed by atoms with van der Waals surface area (Å²) < 4.78 is 92.0. The van der Waals surface area contributed by atoms with Gasteiger partial charge in [-0.2, -0.15) is 13.2 Å². The SMILES string of the molecule is C#CCOc1cnc(C(=O)Nc2cc(F)c(F)c(C3(CF)CC(C(F)(F)F)OC(N)=N3)c2)cn1. The minimum Gasteiger partial charge on any atom is -0.463 e. The summed E-state index contributed by atoms with van der Waals surface area (Å²) in [7, 11) is 0. The van der Waals surface area contributed by atoms with Gasteiger partial charge in [0.15, 0.2) is 24.3 Å². The second kappa shape index (κ2) is 9.46. The van der Waals surface area contributed by atoms with Gasteiger partial charge in [0.05, 0.1) is 12.4 Å². The first-order chi connectivity index (χ1) is 16.0. The first-order valence-corrected chi connectivity index (χ1v) is 9.33. The van der Waals surface area contributed by atoms with Crippen LogP contribution >= 0.6 is 0 Å². The average Bonchev–Trinajstić information content (AvgIpc) is 2.79. The minimum absolute atomic E-state index is 0.0173. The lowest BCUT2D eigenvalue weighted by Gasteiger charge is -2.36. The lowest BCUT2D eigenvalue weighted by atomic mass is 9.84. The molecule has 3 rings (SSSR count). The Bertz CT molecular complexity index is 1150. The van der Waals surface area contributed by atoms with E-state index in [-0.39, 0.29) is 18.2 Å². The van der Waals surface area contributed by atoms with Gasteiger partial charge in [0.1, 0.15) is 17.9 Å². The molecule has 0 aliphatic carbocycles. The van der Waals surface area contributed by atoms with Crippen molar-refractivity contribution in [1.29, 1.82) is 0 Å². The van der Waals surface area contributed by atoms with Crippen LogP contribution in [0.15, 0.2) is 29.5 Å². The Labute approximate surface area is 188 Å². The zero-order chi connectivity index (χ0) is 25.1. The van der Waals surface area contributed by atoms with E-state index in [0.29, 0.717) is 6.07 Å². The second-order valence-corrected chi connectivity index (χ2v) is 6.97. The molecule has 2 heterocycles. The fraction of sp³-hybridized carbons (Fsp3) is 0.300. The van der Waals surface area contributed by atoms with Crippen LogP contribution in [0.25, 0.3) is 0 Å². The molecule has 0 fully saturated rings. The second-order valence-electron chi connectivity index (χ2n) is 6.97. The van der Waals surface area contributed by atoms with E-state index >= 15 is 0 Å². The first kappa shape index (κ1) is 24.6. The van der Waals surface area contributed by atoms with E-state index in [1.54, 1.807) is 0 Å². The summed E-state index contributed by atoms with van der Waals surface area (Å²) >= 11 is 0. The smallest absolute Gasteiger partial charge is 0.425 e. The van der Waals surface area contributed by atoms with Crippen molar-refractivity contribution in [3.8, 4) is 18.2 Å². The number of nitrogens with two attached hydrogens (primary N) is 1. The Morgan fingerprint density at radius 3 is 2.65 bits per heavy atom. The molecule has 14 heteroatoms. The van der Waals surface area contributed by atoms with Crippen LogP contribution in [0.2, 0.25) is 0 Å². The molecule has 0 saturated heterocycles. The number of anilines is 1. The van der Waals surface area contributed by atoms with Gasteiger partial charge in [-0.3, -0.25) is 4.79 Å². The van der Waals surface area contributed by atoms with Gasteiger partial charge in [-0.25, -0.2) is 28.1 Å². The number of aliphatic imine (C=N–C) groups is 1. The summed E-state index contributed by atoms with van der Waals surface area (Å²) in [5.74, 6) is -1.96. The third kappa shape index (κ3) is 5.13. The zero-order valence-corrected chi connectivity index (χ0v) is 17.0. The van der Waals surface area contributed by atoms with Crippen LogP contribution in [0, 0.1) is 24.0 Å². The number of ether oxygens (including phenoxy) is 2. The molecule has 2 atom stereocenters. The van der Waals surface area contributed by atoms with Crippen LogP contribution in [-0.4, -0.2) is 47.5 Å². The van der Waals surface area contributed by atoms with E-state index in [9.17, 15) is 31.1 Å². The van der Waals surface area contributed by atoms with Gasteiger partial charge in [0, 0.05) is 23.7 Å². The van der Waals surface area contributed by atoms with Crippen molar-refractivity contribution in [2.24, 2.45) is 10.7 Å². The summed E-state index contributed by atoms with van der Waals surface area (Å²) in [4.78, 5) is 23.5. The summed E-state index contributed by atoms with van der Waals surface area (Å²) in [5, 5.41) is 2.19. The molecule has 0 radical (unpaired) electrons. The molecule has 8 nitrogen and oxygen atoms in total. The number of amides is 1. The predicted molar refractivity (Wildman–Crippen MR) is 105 cm³/mol. The van der Waals surface area contributed by atoms with Gasteiger partial charge >= 0.3 is 6.18 Å². The molecule has 3 N–H and O–H groups in total. The number of hydrogen-bond donors (Lipinski definition) is 2. The molecule has 0 saturated carbocycles. The van der Waals surface area contributed by atoms with E-state index in [4.69, 9.17) is 16.9 Å². The molecule has 0 bridgehead atoms. The predicted octanol–water partition coefficient (Wildman–Crippen LogP) is 2.85. The molecule has 1 aliphatic heterocycles. The Hall–Kier alpha value is -4.02. The van der Waals surface area contributed by atoms with Crippen molar-refractivity contribution in [2.45, 2.75) is 24.2 Å². The highest BCUT2D eigenvalue weighted by Gasteiger charge is 2.52. The highest BCUT2D eigenvalue weighted by atomic mass is 19.4. The molecule has 2 aromatic rings. The standard InChI is InChI=1S/C20H15F6N5O3/c1-2-3-33-15-8-28-13(7-29-15)17(32)30-10-4-11(16(23)12(22)5-10)19(9-21)6-14(20(24,25)26)34-18(27)31-19/h1,4-5,7-8,14H,3,6,9H2,(H2,27,31)(H,30,32). The number of halogens is 6. The number of alkyl halides is 4. The molecule has 0 spiro atoms. The van der Waals surface area contributed by atoms with E-state index < -0.39 is 65.7 Å². The number of hydrogen-bond acceptors (Lipinski definition) is 7. The van der Waals surface area contributed by atoms with Crippen LogP contribution in [0.4, 0.5) is 32.0 Å². The summed E-state index contributed by atoms with van der Waals surface area (Å²) in [6.45, 7) is -1.76. The maximum atomic E-state index is 14.6. The van der Waals surface area contributed by atoms with E-state index in [1.165, 1.54) is 0 Å². The van der Waals surface area contributed by atoms with Crippen molar-refractivity contribution < 1.29 is 40.6 Å². The van der Waals surface area contributed by atoms with E-state index in [1.807, 2.05) is 0 Å². The Morgan fingerprint density at radius 2 is 2.06 bits per heavy atom. The molecule has 1 amide bonds. The third-order valence-corrected chi connectivity index (χ3v) is 4.65. The maximum Gasteiger partial charge on any atom is 0.425 e. The molecule has 180 valence electrons. The number of benzene rings is 1. The molecule has 34 heavy (non-hydrogen) atoms. The molecular weight excluding hydrogens is 472 g/mol. The van der Waals surface area contributed by atoms with Crippen molar-refractivity contribution in [2.75, 3.05) is 18.6 Å². The molecule has 1 aromatic heterocycles. The topological polar surface area (TPSA) is 112 Å². The van der Waals surface area contributed by atoms with Crippen LogP contribution < -0.4 is 15.8 Å². The van der Waals surface area contributed by atoms with Gasteiger partial charge in [0.25, 0.3) is 11.9 Å². The fourth-order valence-electron chi connectivity index (χ4n) is 3.10.